The Kier molecular flexibility index (Phi) is 5.18. The number of hydrogen-bond acceptors (Lipinski definition) is 4. The topological polar surface area (TPSA) is 57.9 Å². The molecule has 6 heteroatoms. The molecule has 1 fully saturated rings. The predicted octanol–water partition coefficient (Wildman–Crippen LogP) is 1.69. The van der Waals surface area contributed by atoms with Gasteiger partial charge in [-0.3, -0.25) is 18.9 Å². The highest BCUT2D eigenvalue weighted by atomic mass is 16.2. The molecule has 0 aromatic carbocycles. The van der Waals surface area contributed by atoms with Crippen molar-refractivity contribution in [2.75, 3.05) is 26.2 Å². The van der Waals surface area contributed by atoms with Crippen molar-refractivity contribution >= 4 is 11.6 Å². The third-order valence-corrected chi connectivity index (χ3v) is 4.72. The molecule has 0 aliphatic carbocycles. The van der Waals surface area contributed by atoms with Gasteiger partial charge in [-0.1, -0.05) is 19.9 Å². The Labute approximate surface area is 148 Å². The van der Waals surface area contributed by atoms with Gasteiger partial charge in [0.05, 0.1) is 5.69 Å². The second-order valence-electron chi connectivity index (χ2n) is 7.08. The van der Waals surface area contributed by atoms with Gasteiger partial charge in [0.2, 0.25) is 5.91 Å². The molecule has 1 aliphatic rings. The summed E-state index contributed by atoms with van der Waals surface area (Å²) in [5.74, 6) is 0.260. The normalized spacial score (nSPS) is 16.4. The largest absolute Gasteiger partial charge is 0.341 e. The first kappa shape index (κ1) is 17.6. The Bertz CT molecular complexity index is 828. The number of aromatic nitrogens is 2. The van der Waals surface area contributed by atoms with E-state index in [4.69, 9.17) is 0 Å². The average molecular weight is 342 g/mol. The summed E-state index contributed by atoms with van der Waals surface area (Å²) in [6.07, 6.45) is 2.70. The smallest absolute Gasteiger partial charge is 0.258 e. The SMILES string of the molecule is Cc1cccn2c(=O)cc(CN3CCCN(C(=O)C(C)C)CC3)nc12. The molecule has 3 rings (SSSR count). The number of carbonyl (C=O) groups excluding carboxylic acids is 1. The number of fused-ring (bicyclic) bond motifs is 1. The zero-order chi connectivity index (χ0) is 18.0. The van der Waals surface area contributed by atoms with Gasteiger partial charge in [0.15, 0.2) is 0 Å². The zero-order valence-corrected chi connectivity index (χ0v) is 15.2. The highest BCUT2D eigenvalue weighted by Crippen LogP contribution is 2.11. The maximum Gasteiger partial charge on any atom is 0.258 e. The monoisotopic (exact) mass is 342 g/mol. The Morgan fingerprint density at radius 2 is 2.04 bits per heavy atom. The van der Waals surface area contributed by atoms with E-state index in [0.717, 1.165) is 49.5 Å². The zero-order valence-electron chi connectivity index (χ0n) is 15.2. The molecule has 0 saturated carbocycles. The number of rotatable bonds is 3. The van der Waals surface area contributed by atoms with Crippen molar-refractivity contribution in [3.8, 4) is 0 Å². The molecule has 0 atom stereocenters. The van der Waals surface area contributed by atoms with Crippen molar-refractivity contribution in [3.63, 3.8) is 0 Å². The van der Waals surface area contributed by atoms with Gasteiger partial charge in [-0.25, -0.2) is 4.98 Å². The van der Waals surface area contributed by atoms with E-state index in [1.54, 1.807) is 16.7 Å². The van der Waals surface area contributed by atoms with Crippen LogP contribution >= 0.6 is 0 Å². The first-order valence-electron chi connectivity index (χ1n) is 8.95. The molecular formula is C19H26N4O2. The molecule has 2 aromatic rings. The van der Waals surface area contributed by atoms with Crippen LogP contribution < -0.4 is 5.56 Å². The minimum atomic E-state index is -0.0462. The fraction of sp³-hybridized carbons (Fsp3) is 0.526. The van der Waals surface area contributed by atoms with Crippen molar-refractivity contribution in [1.29, 1.82) is 0 Å². The Balaban J connectivity index is 1.75. The summed E-state index contributed by atoms with van der Waals surface area (Å²) in [7, 11) is 0. The second kappa shape index (κ2) is 7.35. The lowest BCUT2D eigenvalue weighted by atomic mass is 10.2. The average Bonchev–Trinajstić information content (AvgIpc) is 2.81. The van der Waals surface area contributed by atoms with Crippen LogP contribution in [0.5, 0.6) is 0 Å². The quantitative estimate of drug-likeness (QED) is 0.852. The Morgan fingerprint density at radius 3 is 2.80 bits per heavy atom. The van der Waals surface area contributed by atoms with Crippen molar-refractivity contribution in [2.45, 2.75) is 33.7 Å². The lowest BCUT2D eigenvalue weighted by molar-refractivity contribution is -0.134. The summed E-state index contributed by atoms with van der Waals surface area (Å²) in [6.45, 7) is 9.77. The second-order valence-corrected chi connectivity index (χ2v) is 7.08. The van der Waals surface area contributed by atoms with Crippen molar-refractivity contribution in [3.05, 3.63) is 46.0 Å². The first-order chi connectivity index (χ1) is 12.0. The highest BCUT2D eigenvalue weighted by molar-refractivity contribution is 5.78. The minimum absolute atomic E-state index is 0.0386. The van der Waals surface area contributed by atoms with Crippen LogP contribution in [0.1, 0.15) is 31.5 Å². The molecule has 134 valence electrons. The molecule has 1 saturated heterocycles. The summed E-state index contributed by atoms with van der Waals surface area (Å²) >= 11 is 0. The van der Waals surface area contributed by atoms with Crippen LogP contribution in [-0.4, -0.2) is 51.3 Å². The summed E-state index contributed by atoms with van der Waals surface area (Å²) in [5, 5.41) is 0. The molecule has 25 heavy (non-hydrogen) atoms. The molecule has 1 amide bonds. The van der Waals surface area contributed by atoms with Crippen molar-refractivity contribution in [1.82, 2.24) is 19.2 Å². The molecule has 3 heterocycles. The van der Waals surface area contributed by atoms with Gasteiger partial charge < -0.3 is 4.90 Å². The van der Waals surface area contributed by atoms with Crippen LogP contribution in [0.4, 0.5) is 0 Å². The molecule has 1 aliphatic heterocycles. The Hall–Kier alpha value is -2.21. The Morgan fingerprint density at radius 1 is 1.24 bits per heavy atom. The van der Waals surface area contributed by atoms with E-state index < -0.39 is 0 Å². The number of pyridine rings is 1. The third kappa shape index (κ3) is 3.90. The number of carbonyl (C=O) groups is 1. The van der Waals surface area contributed by atoms with Gasteiger partial charge >= 0.3 is 0 Å². The summed E-state index contributed by atoms with van der Waals surface area (Å²) in [5.41, 5.74) is 2.46. The van der Waals surface area contributed by atoms with E-state index in [0.29, 0.717) is 6.54 Å². The van der Waals surface area contributed by atoms with E-state index in [2.05, 4.69) is 9.88 Å². The van der Waals surface area contributed by atoms with Crippen LogP contribution in [0, 0.1) is 12.8 Å². The fourth-order valence-electron chi connectivity index (χ4n) is 3.33. The van der Waals surface area contributed by atoms with Gasteiger partial charge in [-0.05, 0) is 25.0 Å². The number of aryl methyl sites for hydroxylation is 1. The van der Waals surface area contributed by atoms with E-state index in [1.165, 1.54) is 0 Å². The molecule has 0 bridgehead atoms. The van der Waals surface area contributed by atoms with Crippen LogP contribution in [0.2, 0.25) is 0 Å². The molecular weight excluding hydrogens is 316 g/mol. The number of amides is 1. The minimum Gasteiger partial charge on any atom is -0.341 e. The van der Waals surface area contributed by atoms with Gasteiger partial charge in [0.25, 0.3) is 5.56 Å². The maximum atomic E-state index is 12.3. The predicted molar refractivity (Wildman–Crippen MR) is 97.5 cm³/mol. The van der Waals surface area contributed by atoms with E-state index in [-0.39, 0.29) is 17.4 Å². The van der Waals surface area contributed by atoms with Crippen LogP contribution in [-0.2, 0) is 11.3 Å². The van der Waals surface area contributed by atoms with Crippen molar-refractivity contribution in [2.24, 2.45) is 5.92 Å². The number of hydrogen-bond donors (Lipinski definition) is 0. The van der Waals surface area contributed by atoms with Gasteiger partial charge in [0, 0.05) is 50.9 Å². The molecule has 6 nitrogen and oxygen atoms in total. The van der Waals surface area contributed by atoms with Gasteiger partial charge in [0.1, 0.15) is 5.65 Å². The van der Waals surface area contributed by atoms with Gasteiger partial charge in [-0.15, -0.1) is 0 Å². The number of nitrogens with zero attached hydrogens (tertiary/aromatic N) is 4. The van der Waals surface area contributed by atoms with Gasteiger partial charge in [-0.2, -0.15) is 0 Å². The van der Waals surface area contributed by atoms with E-state index in [9.17, 15) is 9.59 Å². The van der Waals surface area contributed by atoms with E-state index in [1.807, 2.05) is 37.8 Å². The molecule has 2 aromatic heterocycles. The van der Waals surface area contributed by atoms with Crippen LogP contribution in [0.15, 0.2) is 29.2 Å². The standard InChI is InChI=1S/C19H26N4O2/c1-14(2)19(25)22-8-5-7-21(10-11-22)13-16-12-17(24)23-9-4-6-15(3)18(23)20-16/h4,6,9,12,14H,5,7-8,10-11,13H2,1-3H3. The third-order valence-electron chi connectivity index (χ3n) is 4.72. The maximum absolute atomic E-state index is 12.3. The molecule has 0 unspecified atom stereocenters. The summed E-state index contributed by atoms with van der Waals surface area (Å²) < 4.78 is 1.59. The van der Waals surface area contributed by atoms with Crippen molar-refractivity contribution < 1.29 is 4.79 Å². The summed E-state index contributed by atoms with van der Waals surface area (Å²) in [6, 6.07) is 5.45. The molecule has 0 N–H and O–H groups in total. The lowest BCUT2D eigenvalue weighted by Gasteiger charge is -2.23. The van der Waals surface area contributed by atoms with E-state index >= 15 is 0 Å². The van der Waals surface area contributed by atoms with Crippen LogP contribution in [0.25, 0.3) is 5.65 Å². The first-order valence-corrected chi connectivity index (χ1v) is 8.95. The fourth-order valence-corrected chi connectivity index (χ4v) is 3.33. The lowest BCUT2D eigenvalue weighted by Crippen LogP contribution is -2.37. The molecule has 0 radical (unpaired) electrons. The highest BCUT2D eigenvalue weighted by Gasteiger charge is 2.21. The molecule has 0 spiro atoms. The van der Waals surface area contributed by atoms with Crippen LogP contribution in [0.3, 0.4) is 0 Å². The summed E-state index contributed by atoms with van der Waals surface area (Å²) in [4.78, 5) is 33.4.